The summed E-state index contributed by atoms with van der Waals surface area (Å²) in [4.78, 5) is 21.9. The van der Waals surface area contributed by atoms with E-state index < -0.39 is 0 Å². The molecular formula is C26H30N8O. The summed E-state index contributed by atoms with van der Waals surface area (Å²) in [5, 5.41) is 17.0. The van der Waals surface area contributed by atoms with Gasteiger partial charge in [0.2, 0.25) is 11.9 Å². The quantitative estimate of drug-likeness (QED) is 0.263. The lowest BCUT2D eigenvalue weighted by Gasteiger charge is -2.11. The van der Waals surface area contributed by atoms with E-state index in [0.717, 1.165) is 52.0 Å². The van der Waals surface area contributed by atoms with Crippen LogP contribution in [0.1, 0.15) is 49.9 Å². The largest absolute Gasteiger partial charge is 0.389 e. The number of hydrogen-bond acceptors (Lipinski definition) is 6. The molecule has 3 heterocycles. The molecule has 1 saturated carbocycles. The molecule has 0 radical (unpaired) electrons. The first-order chi connectivity index (χ1) is 17.0. The summed E-state index contributed by atoms with van der Waals surface area (Å²) in [6.07, 6.45) is 5.33. The van der Waals surface area contributed by atoms with Gasteiger partial charge in [0.25, 0.3) is 0 Å². The van der Waals surface area contributed by atoms with Crippen LogP contribution in [0.5, 0.6) is 0 Å². The zero-order valence-electron chi connectivity index (χ0n) is 20.1. The van der Waals surface area contributed by atoms with E-state index in [1.165, 1.54) is 12.8 Å². The second-order valence-electron chi connectivity index (χ2n) is 8.95. The molecule has 0 unspecified atom stereocenters. The van der Waals surface area contributed by atoms with Crippen molar-refractivity contribution < 1.29 is 4.79 Å². The van der Waals surface area contributed by atoms with Crippen molar-refractivity contribution >= 4 is 29.0 Å². The van der Waals surface area contributed by atoms with Crippen molar-refractivity contribution in [1.82, 2.24) is 29.9 Å². The highest BCUT2D eigenvalue weighted by molar-refractivity contribution is 5.91. The Balaban J connectivity index is 1.38. The summed E-state index contributed by atoms with van der Waals surface area (Å²) in [6.45, 7) is 8.70. The predicted molar refractivity (Wildman–Crippen MR) is 138 cm³/mol. The van der Waals surface area contributed by atoms with Crippen LogP contribution in [0.3, 0.4) is 0 Å². The number of hydrogen-bond donors (Lipinski definition) is 4. The summed E-state index contributed by atoms with van der Waals surface area (Å²) in [5.41, 5.74) is 6.05. The highest BCUT2D eigenvalue weighted by Gasteiger charge is 2.25. The van der Waals surface area contributed by atoms with Crippen LogP contribution in [-0.2, 0) is 4.79 Å². The fourth-order valence-corrected chi connectivity index (χ4v) is 4.05. The number of aromatic nitrogens is 5. The van der Waals surface area contributed by atoms with E-state index in [9.17, 15) is 4.79 Å². The molecule has 4 aromatic rings. The summed E-state index contributed by atoms with van der Waals surface area (Å²) in [7, 11) is 0. The average molecular weight is 471 g/mol. The Morgan fingerprint density at radius 3 is 2.86 bits per heavy atom. The summed E-state index contributed by atoms with van der Waals surface area (Å²) in [5.74, 6) is 1.89. The SMILES string of the molecule is C=C(CCC(=O)Nc1cccc(-c2cc3nc(C)cn3c(Nc3cc(C4CC4)[nH]n3)n2)c1)NCC. The van der Waals surface area contributed by atoms with Crippen molar-refractivity contribution in [2.75, 3.05) is 17.2 Å². The Kier molecular flexibility index (Phi) is 6.22. The third kappa shape index (κ3) is 5.34. The number of rotatable bonds is 10. The first-order valence-corrected chi connectivity index (χ1v) is 12.0. The van der Waals surface area contributed by atoms with Crippen LogP contribution in [0.4, 0.5) is 17.5 Å². The topological polar surface area (TPSA) is 112 Å². The molecule has 0 spiro atoms. The van der Waals surface area contributed by atoms with Crippen LogP contribution in [0, 0.1) is 6.92 Å². The maximum absolute atomic E-state index is 12.4. The van der Waals surface area contributed by atoms with Crippen LogP contribution < -0.4 is 16.0 Å². The van der Waals surface area contributed by atoms with Gasteiger partial charge in [-0.2, -0.15) is 5.10 Å². The number of allylic oxidation sites excluding steroid dienone is 1. The Hall–Kier alpha value is -4.14. The fourth-order valence-electron chi connectivity index (χ4n) is 4.05. The molecule has 0 saturated heterocycles. The number of aromatic amines is 1. The lowest BCUT2D eigenvalue weighted by atomic mass is 10.1. The average Bonchev–Trinajstić information content (AvgIpc) is 3.46. The smallest absolute Gasteiger partial charge is 0.224 e. The van der Waals surface area contributed by atoms with E-state index >= 15 is 0 Å². The van der Waals surface area contributed by atoms with Crippen molar-refractivity contribution in [2.45, 2.75) is 45.4 Å². The Morgan fingerprint density at radius 2 is 2.06 bits per heavy atom. The maximum atomic E-state index is 12.4. The van der Waals surface area contributed by atoms with E-state index in [4.69, 9.17) is 4.98 Å². The normalized spacial score (nSPS) is 13.1. The molecule has 1 aliphatic rings. The third-order valence-corrected chi connectivity index (χ3v) is 5.95. The van der Waals surface area contributed by atoms with Gasteiger partial charge in [0.15, 0.2) is 5.82 Å². The zero-order valence-corrected chi connectivity index (χ0v) is 20.1. The number of carbonyl (C=O) groups excluding carboxylic acids is 1. The van der Waals surface area contributed by atoms with Crippen LogP contribution >= 0.6 is 0 Å². The van der Waals surface area contributed by atoms with Crippen LogP contribution in [0.25, 0.3) is 16.9 Å². The van der Waals surface area contributed by atoms with E-state index in [0.29, 0.717) is 24.7 Å². The van der Waals surface area contributed by atoms with E-state index in [-0.39, 0.29) is 5.91 Å². The van der Waals surface area contributed by atoms with Gasteiger partial charge >= 0.3 is 0 Å². The molecule has 0 atom stereocenters. The Bertz CT molecular complexity index is 1380. The van der Waals surface area contributed by atoms with Gasteiger partial charge in [-0.25, -0.2) is 9.97 Å². The highest BCUT2D eigenvalue weighted by Crippen LogP contribution is 2.39. The number of imidazole rings is 1. The van der Waals surface area contributed by atoms with Gasteiger partial charge < -0.3 is 16.0 Å². The van der Waals surface area contributed by atoms with E-state index in [2.05, 4.69) is 37.7 Å². The molecular weight excluding hydrogens is 440 g/mol. The molecule has 1 fully saturated rings. The molecule has 3 aromatic heterocycles. The number of nitrogens with one attached hydrogen (secondary N) is 4. The number of fused-ring (bicyclic) bond motifs is 1. The molecule has 9 heteroatoms. The first-order valence-electron chi connectivity index (χ1n) is 12.0. The van der Waals surface area contributed by atoms with Crippen LogP contribution in [0.2, 0.25) is 0 Å². The fraction of sp³-hybridized carbons (Fsp3) is 0.308. The molecule has 35 heavy (non-hydrogen) atoms. The molecule has 9 nitrogen and oxygen atoms in total. The van der Waals surface area contributed by atoms with E-state index in [1.807, 2.05) is 60.8 Å². The molecule has 4 N–H and O–H groups in total. The minimum atomic E-state index is -0.0548. The predicted octanol–water partition coefficient (Wildman–Crippen LogP) is 4.89. The molecule has 0 bridgehead atoms. The summed E-state index contributed by atoms with van der Waals surface area (Å²) in [6, 6.07) is 11.7. The van der Waals surface area contributed by atoms with Gasteiger partial charge in [-0.1, -0.05) is 18.7 Å². The van der Waals surface area contributed by atoms with E-state index in [1.54, 1.807) is 0 Å². The first kappa shape index (κ1) is 22.6. The summed E-state index contributed by atoms with van der Waals surface area (Å²) >= 11 is 0. The van der Waals surface area contributed by atoms with Crippen molar-refractivity contribution in [2.24, 2.45) is 0 Å². The van der Waals surface area contributed by atoms with Gasteiger partial charge in [-0.15, -0.1) is 0 Å². The van der Waals surface area contributed by atoms with Gasteiger partial charge in [-0.05, 0) is 45.2 Å². The zero-order chi connectivity index (χ0) is 24.4. The number of anilines is 3. The summed E-state index contributed by atoms with van der Waals surface area (Å²) < 4.78 is 1.92. The van der Waals surface area contributed by atoms with Gasteiger partial charge in [0, 0.05) is 59.9 Å². The monoisotopic (exact) mass is 470 g/mol. The van der Waals surface area contributed by atoms with Gasteiger partial charge in [-0.3, -0.25) is 14.3 Å². The second kappa shape index (κ2) is 9.61. The lowest BCUT2D eigenvalue weighted by molar-refractivity contribution is -0.116. The molecule has 5 rings (SSSR count). The van der Waals surface area contributed by atoms with Crippen molar-refractivity contribution in [1.29, 1.82) is 0 Å². The maximum Gasteiger partial charge on any atom is 0.224 e. The number of benzene rings is 1. The standard InChI is InChI=1S/C26H30N8O/c1-4-27-16(2)8-11-25(35)29-20-7-5-6-19(12-20)21-14-24-28-17(3)15-34(24)26(30-21)31-23-13-22(32-33-23)18-9-10-18/h5-7,12-15,18,27H,2,4,8-11H2,1,3H3,(H,29,35)(H2,30,31,32,33). The molecule has 0 aliphatic heterocycles. The number of carbonyl (C=O) groups is 1. The lowest BCUT2D eigenvalue weighted by Crippen LogP contribution is -2.15. The third-order valence-electron chi connectivity index (χ3n) is 5.95. The molecule has 1 aromatic carbocycles. The van der Waals surface area contributed by atoms with Crippen LogP contribution in [0.15, 0.2) is 54.9 Å². The number of amides is 1. The van der Waals surface area contributed by atoms with Crippen molar-refractivity contribution in [3.63, 3.8) is 0 Å². The molecule has 1 aliphatic carbocycles. The second-order valence-corrected chi connectivity index (χ2v) is 8.95. The van der Waals surface area contributed by atoms with Crippen LogP contribution in [-0.4, -0.2) is 37.0 Å². The Labute approximate surface area is 204 Å². The molecule has 1 amide bonds. The number of nitrogens with zero attached hydrogens (tertiary/aromatic N) is 4. The van der Waals surface area contributed by atoms with Gasteiger partial charge in [0.1, 0.15) is 5.65 Å². The molecule has 180 valence electrons. The minimum absolute atomic E-state index is 0.0548. The highest BCUT2D eigenvalue weighted by atomic mass is 16.1. The van der Waals surface area contributed by atoms with Crippen molar-refractivity contribution in [3.8, 4) is 11.3 Å². The van der Waals surface area contributed by atoms with Crippen molar-refractivity contribution in [3.05, 3.63) is 66.3 Å². The Morgan fingerprint density at radius 1 is 1.20 bits per heavy atom. The minimum Gasteiger partial charge on any atom is -0.389 e. The number of H-pyrrole nitrogens is 1. The number of aryl methyl sites for hydroxylation is 1. The van der Waals surface area contributed by atoms with Gasteiger partial charge in [0.05, 0.1) is 11.4 Å².